The van der Waals surface area contributed by atoms with Crippen molar-refractivity contribution in [3.63, 3.8) is 0 Å². The third-order valence-corrected chi connectivity index (χ3v) is 6.96. The first-order valence-electron chi connectivity index (χ1n) is 14.3. The van der Waals surface area contributed by atoms with Crippen LogP contribution >= 0.6 is 0 Å². The molecule has 0 spiro atoms. The third-order valence-electron chi connectivity index (χ3n) is 6.96. The van der Waals surface area contributed by atoms with Gasteiger partial charge in [0.1, 0.15) is 5.76 Å². The van der Waals surface area contributed by atoms with Gasteiger partial charge in [0.25, 0.3) is 0 Å². The number of hydrogen-bond acceptors (Lipinski definition) is 6. The number of carbonyl (C=O) groups excluding carboxylic acids is 1. The molecule has 0 bridgehead atoms. The fourth-order valence-corrected chi connectivity index (χ4v) is 4.81. The molecule has 0 atom stereocenters. The van der Waals surface area contributed by atoms with Gasteiger partial charge in [-0.25, -0.2) is 0 Å². The smallest absolute Gasteiger partial charge is 0.165 e. The van der Waals surface area contributed by atoms with E-state index in [2.05, 4.69) is 55.0 Å². The number of rotatable bonds is 12. The van der Waals surface area contributed by atoms with Crippen molar-refractivity contribution in [1.29, 1.82) is 5.41 Å². The van der Waals surface area contributed by atoms with Gasteiger partial charge in [0.2, 0.25) is 0 Å². The second-order valence-electron chi connectivity index (χ2n) is 10.1. The number of methoxy groups -OCH3 is 2. The van der Waals surface area contributed by atoms with Crippen LogP contribution in [-0.4, -0.2) is 56.0 Å². The average molecular weight is 562 g/mol. The molecule has 0 saturated carbocycles. The highest BCUT2D eigenvalue weighted by Crippen LogP contribution is 2.31. The van der Waals surface area contributed by atoms with Gasteiger partial charge in [-0.1, -0.05) is 50.3 Å². The van der Waals surface area contributed by atoms with Gasteiger partial charge in [0.15, 0.2) is 17.3 Å². The first kappa shape index (κ1) is 33.4. The lowest BCUT2D eigenvalue weighted by Crippen LogP contribution is -2.33. The molecule has 0 aliphatic heterocycles. The number of ether oxygens (including phenoxy) is 2. The minimum atomic E-state index is 0.120. The van der Waals surface area contributed by atoms with Gasteiger partial charge in [-0.05, 0) is 82.1 Å². The Labute approximate surface area is 246 Å². The Morgan fingerprint density at radius 1 is 1.00 bits per heavy atom. The molecule has 1 aliphatic rings. The largest absolute Gasteiger partial charge is 0.508 e. The minimum Gasteiger partial charge on any atom is -0.508 e. The molecule has 0 aromatic heterocycles. The zero-order valence-electron chi connectivity index (χ0n) is 25.8. The summed E-state index contributed by atoms with van der Waals surface area (Å²) < 4.78 is 11.0. The van der Waals surface area contributed by atoms with Gasteiger partial charge in [-0.3, -0.25) is 10.2 Å². The average Bonchev–Trinajstić information content (AvgIpc) is 3.19. The van der Waals surface area contributed by atoms with Crippen LogP contribution in [0, 0.1) is 12.3 Å². The summed E-state index contributed by atoms with van der Waals surface area (Å²) in [6.07, 6.45) is 9.78. The SMILES string of the molecule is CCC(=O)C1=CCC=C(O)C=C1.CCc1cccc(C)c1N(CCCN(C)Cc1cccc(OC)c1OC)C(C)=N. The van der Waals surface area contributed by atoms with Crippen LogP contribution < -0.4 is 14.4 Å². The van der Waals surface area contributed by atoms with E-state index in [4.69, 9.17) is 20.0 Å². The van der Waals surface area contributed by atoms with E-state index in [0.29, 0.717) is 24.3 Å². The number of amidine groups is 1. The molecule has 41 heavy (non-hydrogen) atoms. The Balaban J connectivity index is 0.000000408. The number of ketones is 1. The van der Waals surface area contributed by atoms with Gasteiger partial charge in [-0.15, -0.1) is 0 Å². The molecule has 1 aliphatic carbocycles. The Bertz CT molecular complexity index is 1260. The van der Waals surface area contributed by atoms with Crippen molar-refractivity contribution >= 4 is 17.3 Å². The summed E-state index contributed by atoms with van der Waals surface area (Å²) in [4.78, 5) is 15.6. The first-order chi connectivity index (χ1) is 19.7. The van der Waals surface area contributed by atoms with Crippen LogP contribution in [0.2, 0.25) is 0 Å². The number of aliphatic hydroxyl groups is 1. The molecule has 2 aromatic rings. The van der Waals surface area contributed by atoms with Gasteiger partial charge in [0.05, 0.1) is 20.1 Å². The van der Waals surface area contributed by atoms with Crippen molar-refractivity contribution < 1.29 is 19.4 Å². The second kappa shape index (κ2) is 17.1. The van der Waals surface area contributed by atoms with Crippen molar-refractivity contribution in [1.82, 2.24) is 4.90 Å². The van der Waals surface area contributed by atoms with E-state index in [1.807, 2.05) is 32.1 Å². The summed E-state index contributed by atoms with van der Waals surface area (Å²) in [7, 11) is 5.46. The summed E-state index contributed by atoms with van der Waals surface area (Å²) in [6, 6.07) is 12.4. The van der Waals surface area contributed by atoms with Crippen LogP contribution in [0.3, 0.4) is 0 Å². The summed E-state index contributed by atoms with van der Waals surface area (Å²) in [5, 5.41) is 17.4. The molecule has 0 unspecified atom stereocenters. The van der Waals surface area contributed by atoms with E-state index in [0.717, 1.165) is 49.5 Å². The summed E-state index contributed by atoms with van der Waals surface area (Å²) in [5.74, 6) is 2.49. The number of Topliss-reactive ketones (excluding diaryl/α,β-unsaturated/α-hetero) is 1. The number of nitrogens with zero attached hydrogens (tertiary/aromatic N) is 2. The zero-order valence-corrected chi connectivity index (χ0v) is 25.8. The topological polar surface area (TPSA) is 86.1 Å². The maximum Gasteiger partial charge on any atom is 0.165 e. The van der Waals surface area contributed by atoms with E-state index in [9.17, 15) is 4.79 Å². The lowest BCUT2D eigenvalue weighted by molar-refractivity contribution is -0.115. The molecule has 222 valence electrons. The van der Waals surface area contributed by atoms with E-state index in [-0.39, 0.29) is 11.5 Å². The van der Waals surface area contributed by atoms with Crippen molar-refractivity contribution in [2.45, 2.75) is 59.9 Å². The van der Waals surface area contributed by atoms with Crippen molar-refractivity contribution in [2.24, 2.45) is 0 Å². The normalized spacial score (nSPS) is 12.5. The van der Waals surface area contributed by atoms with Crippen LogP contribution in [0.5, 0.6) is 11.5 Å². The highest BCUT2D eigenvalue weighted by molar-refractivity contribution is 5.98. The van der Waals surface area contributed by atoms with Gasteiger partial charge in [0, 0.05) is 36.3 Å². The van der Waals surface area contributed by atoms with Gasteiger partial charge >= 0.3 is 0 Å². The van der Waals surface area contributed by atoms with Crippen LogP contribution in [0.1, 0.15) is 56.7 Å². The number of aliphatic hydroxyl groups excluding tert-OH is 1. The van der Waals surface area contributed by atoms with Crippen molar-refractivity contribution in [2.75, 3.05) is 39.3 Å². The first-order valence-corrected chi connectivity index (χ1v) is 14.3. The molecule has 0 saturated heterocycles. The van der Waals surface area contributed by atoms with Crippen LogP contribution in [0.15, 0.2) is 72.0 Å². The maximum atomic E-state index is 11.2. The number of benzene rings is 2. The number of hydrogen-bond donors (Lipinski definition) is 2. The molecule has 0 radical (unpaired) electrons. The lowest BCUT2D eigenvalue weighted by Gasteiger charge is -2.28. The monoisotopic (exact) mass is 561 g/mol. The number of anilines is 1. The Morgan fingerprint density at radius 2 is 1.71 bits per heavy atom. The molecular weight excluding hydrogens is 514 g/mol. The predicted octanol–water partition coefficient (Wildman–Crippen LogP) is 7.19. The maximum absolute atomic E-state index is 11.2. The molecule has 0 fully saturated rings. The fraction of sp³-hybridized carbons (Fsp3) is 0.412. The standard InChI is InChI=1S/C24H35N3O2.C10H12O2/c1-7-20-12-8-11-18(2)23(20)27(19(3)25)16-10-15-26(4)17-21-13-9-14-22(28-5)24(21)29-6;1-2-10(12)8-4-3-5-9(11)7-6-8/h8-9,11-14,25H,7,10,15-17H2,1-6H3;4-7,11H,2-3H2,1H3. The number of nitrogens with one attached hydrogen (secondary N) is 1. The number of allylic oxidation sites excluding steroid dienone is 5. The number of para-hydroxylation sites is 2. The summed E-state index contributed by atoms with van der Waals surface area (Å²) in [5.41, 5.74) is 5.52. The van der Waals surface area contributed by atoms with Crippen molar-refractivity contribution in [3.05, 3.63) is 88.7 Å². The highest BCUT2D eigenvalue weighted by atomic mass is 16.5. The zero-order chi connectivity index (χ0) is 30.4. The van der Waals surface area contributed by atoms with Gasteiger partial charge in [-0.2, -0.15) is 0 Å². The molecule has 7 nitrogen and oxygen atoms in total. The molecular formula is C34H47N3O4. The third kappa shape index (κ3) is 9.94. The minimum absolute atomic E-state index is 0.120. The molecule has 7 heteroatoms. The quantitative estimate of drug-likeness (QED) is 0.211. The molecule has 2 aromatic carbocycles. The van der Waals surface area contributed by atoms with Crippen LogP contribution in [0.25, 0.3) is 0 Å². The number of aryl methyl sites for hydroxylation is 2. The summed E-state index contributed by atoms with van der Waals surface area (Å²) >= 11 is 0. The molecule has 2 N–H and O–H groups in total. The number of carbonyl (C=O) groups is 1. The lowest BCUT2D eigenvalue weighted by atomic mass is 10.0. The summed E-state index contributed by atoms with van der Waals surface area (Å²) in [6.45, 7) is 10.5. The fourth-order valence-electron chi connectivity index (χ4n) is 4.81. The van der Waals surface area contributed by atoms with Crippen LogP contribution in [-0.2, 0) is 17.8 Å². The van der Waals surface area contributed by atoms with Crippen molar-refractivity contribution in [3.8, 4) is 11.5 Å². The molecule has 3 rings (SSSR count). The highest BCUT2D eigenvalue weighted by Gasteiger charge is 2.16. The van der Waals surface area contributed by atoms with Gasteiger partial charge < -0.3 is 24.4 Å². The van der Waals surface area contributed by atoms with E-state index in [1.54, 1.807) is 32.4 Å². The van der Waals surface area contributed by atoms with Crippen LogP contribution in [0.4, 0.5) is 5.69 Å². The Morgan fingerprint density at radius 3 is 2.34 bits per heavy atom. The Kier molecular flexibility index (Phi) is 13.9. The van der Waals surface area contributed by atoms with E-state index < -0.39 is 0 Å². The van der Waals surface area contributed by atoms with E-state index >= 15 is 0 Å². The predicted molar refractivity (Wildman–Crippen MR) is 170 cm³/mol. The van der Waals surface area contributed by atoms with E-state index in [1.165, 1.54) is 16.8 Å². The molecule has 0 amide bonds. The second-order valence-corrected chi connectivity index (χ2v) is 10.1. The molecule has 0 heterocycles. The Hall–Kier alpha value is -3.84.